The van der Waals surface area contributed by atoms with E-state index in [1.807, 2.05) is 31.2 Å². The van der Waals surface area contributed by atoms with Crippen LogP contribution in [0.25, 0.3) is 0 Å². The largest absolute Gasteiger partial charge is 0.386 e. The number of halogens is 3. The number of hydrogen-bond acceptors (Lipinski definition) is 3. The molecule has 0 aliphatic heterocycles. The molecule has 2 aromatic carbocycles. The van der Waals surface area contributed by atoms with Crippen molar-refractivity contribution in [3.05, 3.63) is 65.0 Å². The molecule has 0 saturated carbocycles. The van der Waals surface area contributed by atoms with Gasteiger partial charge in [-0.15, -0.1) is 0 Å². The Morgan fingerprint density at radius 3 is 2.52 bits per heavy atom. The fraction of sp³-hybridized carbons (Fsp3) is 0.125. The molecule has 1 amide bonds. The molecule has 0 heterocycles. The first-order valence-electron chi connectivity index (χ1n) is 6.62. The lowest BCUT2D eigenvalue weighted by Gasteiger charge is -2.06. The Bertz CT molecular complexity index is 731. The minimum absolute atomic E-state index is 0.472. The van der Waals surface area contributed by atoms with Crippen molar-refractivity contribution >= 4 is 17.8 Å². The van der Waals surface area contributed by atoms with Gasteiger partial charge in [-0.05, 0) is 24.6 Å². The Labute approximate surface area is 130 Å². The third-order valence-electron chi connectivity index (χ3n) is 2.86. The van der Waals surface area contributed by atoms with E-state index in [9.17, 15) is 18.0 Å². The van der Waals surface area contributed by atoms with Gasteiger partial charge in [-0.1, -0.05) is 35.0 Å². The molecule has 0 radical (unpaired) electrons. The second kappa shape index (κ2) is 7.44. The molecule has 2 aromatic rings. The molecule has 0 fully saturated rings. The number of aryl methyl sites for hydroxylation is 1. The van der Waals surface area contributed by atoms with Crippen LogP contribution in [0, 0.1) is 24.4 Å². The molecule has 0 atom stereocenters. The van der Waals surface area contributed by atoms with E-state index in [-0.39, 0.29) is 0 Å². The van der Waals surface area contributed by atoms with Gasteiger partial charge in [-0.3, -0.25) is 4.79 Å². The normalized spacial score (nSPS) is 10.8. The molecular weight excluding hydrogens is 309 g/mol. The van der Waals surface area contributed by atoms with E-state index in [1.165, 1.54) is 6.21 Å². The molecule has 0 unspecified atom stereocenters. The Balaban J connectivity index is 1.86. The Hall–Kier alpha value is -2.83. The highest BCUT2D eigenvalue weighted by Crippen LogP contribution is 2.19. The van der Waals surface area contributed by atoms with Crippen LogP contribution in [-0.2, 0) is 9.63 Å². The lowest BCUT2D eigenvalue weighted by atomic mass is 10.2. The monoisotopic (exact) mass is 322 g/mol. The maximum absolute atomic E-state index is 13.4. The molecule has 7 heteroatoms. The zero-order valence-electron chi connectivity index (χ0n) is 12.1. The molecule has 2 rings (SSSR count). The van der Waals surface area contributed by atoms with Crippen molar-refractivity contribution < 1.29 is 22.8 Å². The van der Waals surface area contributed by atoms with Gasteiger partial charge in [0, 0.05) is 0 Å². The van der Waals surface area contributed by atoms with E-state index >= 15 is 0 Å². The van der Waals surface area contributed by atoms with Crippen LogP contribution in [0.4, 0.5) is 18.9 Å². The van der Waals surface area contributed by atoms with E-state index in [2.05, 4.69) is 10.5 Å². The van der Waals surface area contributed by atoms with Crippen molar-refractivity contribution in [1.82, 2.24) is 0 Å². The summed E-state index contributed by atoms with van der Waals surface area (Å²) in [6.45, 7) is 1.44. The highest BCUT2D eigenvalue weighted by molar-refractivity contribution is 5.91. The van der Waals surface area contributed by atoms with Crippen molar-refractivity contribution in [2.45, 2.75) is 6.92 Å². The number of hydrogen-bond donors (Lipinski definition) is 1. The van der Waals surface area contributed by atoms with Crippen LogP contribution in [0.3, 0.4) is 0 Å². The number of benzene rings is 2. The number of nitrogens with zero attached hydrogens (tertiary/aromatic N) is 1. The summed E-state index contributed by atoms with van der Waals surface area (Å²) >= 11 is 0. The minimum atomic E-state index is -1.65. The standard InChI is InChI=1S/C16H13F3N2O2/c1-10-2-4-11(5-3-10)8-20-23-9-14(22)21-13-7-6-12(17)15(18)16(13)19/h2-8H,9H2,1H3,(H,21,22)/b20-8-. The maximum Gasteiger partial charge on any atom is 0.265 e. The number of nitrogens with one attached hydrogen (secondary N) is 1. The van der Waals surface area contributed by atoms with Gasteiger partial charge in [0.1, 0.15) is 0 Å². The second-order valence-electron chi connectivity index (χ2n) is 4.69. The highest BCUT2D eigenvalue weighted by atomic mass is 19.2. The molecule has 0 spiro atoms. The van der Waals surface area contributed by atoms with Gasteiger partial charge in [-0.2, -0.15) is 0 Å². The molecule has 4 nitrogen and oxygen atoms in total. The van der Waals surface area contributed by atoms with E-state index in [0.717, 1.165) is 17.2 Å². The first-order chi connectivity index (χ1) is 11.0. The van der Waals surface area contributed by atoms with Crippen molar-refractivity contribution in [3.63, 3.8) is 0 Å². The summed E-state index contributed by atoms with van der Waals surface area (Å²) in [6.07, 6.45) is 1.41. The Morgan fingerprint density at radius 2 is 1.83 bits per heavy atom. The molecule has 0 aromatic heterocycles. The van der Waals surface area contributed by atoms with E-state index in [0.29, 0.717) is 6.07 Å². The van der Waals surface area contributed by atoms with Crippen LogP contribution in [0.2, 0.25) is 0 Å². The summed E-state index contributed by atoms with van der Waals surface area (Å²) in [7, 11) is 0. The number of rotatable bonds is 5. The molecule has 0 aliphatic rings. The summed E-state index contributed by atoms with van der Waals surface area (Å²) in [6, 6.07) is 9.04. The van der Waals surface area contributed by atoms with Crippen molar-refractivity contribution in [1.29, 1.82) is 0 Å². The van der Waals surface area contributed by atoms with Gasteiger partial charge in [0.05, 0.1) is 11.9 Å². The topological polar surface area (TPSA) is 50.7 Å². The summed E-state index contributed by atoms with van der Waals surface area (Å²) < 4.78 is 39.1. The fourth-order valence-corrected chi connectivity index (χ4v) is 1.66. The number of carbonyl (C=O) groups excluding carboxylic acids is 1. The van der Waals surface area contributed by atoms with Gasteiger partial charge < -0.3 is 10.2 Å². The Kier molecular flexibility index (Phi) is 5.35. The average Bonchev–Trinajstić information content (AvgIpc) is 2.54. The second-order valence-corrected chi connectivity index (χ2v) is 4.69. The minimum Gasteiger partial charge on any atom is -0.386 e. The predicted molar refractivity (Wildman–Crippen MR) is 79.7 cm³/mol. The van der Waals surface area contributed by atoms with Crippen LogP contribution in [-0.4, -0.2) is 18.7 Å². The van der Waals surface area contributed by atoms with Crippen molar-refractivity contribution in [3.8, 4) is 0 Å². The zero-order chi connectivity index (χ0) is 16.8. The van der Waals surface area contributed by atoms with Crippen LogP contribution in [0.5, 0.6) is 0 Å². The van der Waals surface area contributed by atoms with Crippen LogP contribution < -0.4 is 5.32 Å². The smallest absolute Gasteiger partial charge is 0.265 e. The lowest BCUT2D eigenvalue weighted by molar-refractivity contribution is -0.120. The SMILES string of the molecule is Cc1ccc(/C=N\OCC(=O)Nc2ccc(F)c(F)c2F)cc1. The van der Waals surface area contributed by atoms with Crippen molar-refractivity contribution in [2.24, 2.45) is 5.16 Å². The van der Waals surface area contributed by atoms with Crippen LogP contribution >= 0.6 is 0 Å². The molecule has 0 saturated heterocycles. The lowest BCUT2D eigenvalue weighted by Crippen LogP contribution is -2.18. The van der Waals surface area contributed by atoms with Gasteiger partial charge >= 0.3 is 0 Å². The first kappa shape index (κ1) is 16.5. The van der Waals surface area contributed by atoms with E-state index in [1.54, 1.807) is 0 Å². The molecular formula is C16H13F3N2O2. The van der Waals surface area contributed by atoms with Crippen molar-refractivity contribution in [2.75, 3.05) is 11.9 Å². The summed E-state index contributed by atoms with van der Waals surface area (Å²) in [4.78, 5) is 16.3. The number of oxime groups is 1. The highest BCUT2D eigenvalue weighted by Gasteiger charge is 2.15. The fourth-order valence-electron chi connectivity index (χ4n) is 1.66. The first-order valence-corrected chi connectivity index (χ1v) is 6.62. The van der Waals surface area contributed by atoms with Gasteiger partial charge in [0.15, 0.2) is 24.1 Å². The average molecular weight is 322 g/mol. The molecule has 23 heavy (non-hydrogen) atoms. The third kappa shape index (κ3) is 4.57. The predicted octanol–water partition coefficient (Wildman–Crippen LogP) is 3.40. The molecule has 0 bridgehead atoms. The summed E-state index contributed by atoms with van der Waals surface area (Å²) in [5, 5.41) is 5.66. The van der Waals surface area contributed by atoms with Gasteiger partial charge in [0.25, 0.3) is 5.91 Å². The van der Waals surface area contributed by atoms with E-state index < -0.39 is 35.7 Å². The number of anilines is 1. The number of amides is 1. The quantitative estimate of drug-likeness (QED) is 0.521. The number of carbonyl (C=O) groups is 1. The molecule has 0 aliphatic carbocycles. The summed E-state index contributed by atoms with van der Waals surface area (Å²) in [5.41, 5.74) is 1.40. The van der Waals surface area contributed by atoms with Gasteiger partial charge in [-0.25, -0.2) is 13.2 Å². The van der Waals surface area contributed by atoms with Gasteiger partial charge in [0.2, 0.25) is 0 Å². The molecule has 120 valence electrons. The molecule has 1 N–H and O–H groups in total. The maximum atomic E-state index is 13.4. The Morgan fingerprint density at radius 1 is 1.13 bits per heavy atom. The summed E-state index contributed by atoms with van der Waals surface area (Å²) in [5.74, 6) is -5.21. The third-order valence-corrected chi connectivity index (χ3v) is 2.86. The van der Waals surface area contributed by atoms with E-state index in [4.69, 9.17) is 4.84 Å². The van der Waals surface area contributed by atoms with Crippen LogP contribution in [0.15, 0.2) is 41.6 Å². The zero-order valence-corrected chi connectivity index (χ0v) is 12.1. The van der Waals surface area contributed by atoms with Crippen LogP contribution in [0.1, 0.15) is 11.1 Å².